The van der Waals surface area contributed by atoms with Crippen molar-refractivity contribution in [2.24, 2.45) is 23.5 Å². The minimum Gasteiger partial charge on any atom is -0.327 e. The van der Waals surface area contributed by atoms with Gasteiger partial charge in [0.15, 0.2) is 0 Å². The molecule has 3 atom stereocenters. The molecule has 0 heterocycles. The zero-order chi connectivity index (χ0) is 15.1. The smallest absolute Gasteiger partial charge is 0.0109 e. The minimum absolute atomic E-state index is 0.423. The molecule has 1 fully saturated rings. The fraction of sp³-hybridized carbons (Fsp3) is 1.00. The maximum absolute atomic E-state index is 6.39. The second kappa shape index (κ2) is 9.01. The maximum Gasteiger partial charge on any atom is 0.0109 e. The lowest BCUT2D eigenvalue weighted by Gasteiger charge is -2.38. The SMILES string of the molecule is CCC1CCC(N)C(CN(CCN(C)C)CC(C)C)C1. The quantitative estimate of drug-likeness (QED) is 0.743. The van der Waals surface area contributed by atoms with Gasteiger partial charge in [0.05, 0.1) is 0 Å². The Kier molecular flexibility index (Phi) is 8.08. The molecule has 3 heteroatoms. The molecule has 2 N–H and O–H groups in total. The minimum atomic E-state index is 0.423. The highest BCUT2D eigenvalue weighted by Crippen LogP contribution is 2.31. The Bertz CT molecular complexity index is 253. The first-order valence-electron chi connectivity index (χ1n) is 8.55. The van der Waals surface area contributed by atoms with Crippen molar-refractivity contribution >= 4 is 0 Å². The van der Waals surface area contributed by atoms with Crippen LogP contribution >= 0.6 is 0 Å². The molecule has 0 saturated heterocycles. The Morgan fingerprint density at radius 3 is 2.40 bits per heavy atom. The molecule has 0 aromatic rings. The number of hydrogen-bond acceptors (Lipinski definition) is 3. The van der Waals surface area contributed by atoms with E-state index in [1.807, 2.05) is 0 Å². The normalized spacial score (nSPS) is 27.8. The van der Waals surface area contributed by atoms with Crippen LogP contribution in [0.15, 0.2) is 0 Å². The van der Waals surface area contributed by atoms with Gasteiger partial charge in [0.25, 0.3) is 0 Å². The van der Waals surface area contributed by atoms with Gasteiger partial charge in [0.1, 0.15) is 0 Å². The summed E-state index contributed by atoms with van der Waals surface area (Å²) in [7, 11) is 4.32. The summed E-state index contributed by atoms with van der Waals surface area (Å²) in [6.07, 6.45) is 5.24. The summed E-state index contributed by atoms with van der Waals surface area (Å²) < 4.78 is 0. The monoisotopic (exact) mass is 283 g/mol. The van der Waals surface area contributed by atoms with E-state index in [9.17, 15) is 0 Å². The van der Waals surface area contributed by atoms with Gasteiger partial charge in [-0.2, -0.15) is 0 Å². The van der Waals surface area contributed by atoms with Gasteiger partial charge in [-0.05, 0) is 51.1 Å². The first-order chi connectivity index (χ1) is 9.42. The van der Waals surface area contributed by atoms with Crippen molar-refractivity contribution in [2.45, 2.75) is 52.5 Å². The highest BCUT2D eigenvalue weighted by molar-refractivity contribution is 4.84. The number of nitrogens with two attached hydrogens (primary N) is 1. The number of nitrogens with zero attached hydrogens (tertiary/aromatic N) is 2. The number of likely N-dealkylation sites (N-methyl/N-ethyl adjacent to an activating group) is 1. The molecule has 20 heavy (non-hydrogen) atoms. The van der Waals surface area contributed by atoms with Crippen molar-refractivity contribution in [1.29, 1.82) is 0 Å². The van der Waals surface area contributed by atoms with Crippen LogP contribution in [0, 0.1) is 17.8 Å². The Balaban J connectivity index is 2.52. The molecule has 3 unspecified atom stereocenters. The molecular weight excluding hydrogens is 246 g/mol. The maximum atomic E-state index is 6.39. The average molecular weight is 284 g/mol. The summed E-state index contributed by atoms with van der Waals surface area (Å²) in [6, 6.07) is 0.423. The molecular formula is C17H37N3. The summed E-state index contributed by atoms with van der Waals surface area (Å²) >= 11 is 0. The average Bonchev–Trinajstić information content (AvgIpc) is 2.37. The van der Waals surface area contributed by atoms with Crippen molar-refractivity contribution in [3.8, 4) is 0 Å². The van der Waals surface area contributed by atoms with E-state index in [-0.39, 0.29) is 0 Å². The van der Waals surface area contributed by atoms with E-state index in [2.05, 4.69) is 44.7 Å². The van der Waals surface area contributed by atoms with Crippen LogP contribution in [0.4, 0.5) is 0 Å². The number of hydrogen-bond donors (Lipinski definition) is 1. The van der Waals surface area contributed by atoms with Crippen molar-refractivity contribution < 1.29 is 0 Å². The van der Waals surface area contributed by atoms with E-state index in [0.717, 1.165) is 18.4 Å². The molecule has 1 aliphatic carbocycles. The van der Waals surface area contributed by atoms with Crippen LogP contribution in [0.2, 0.25) is 0 Å². The van der Waals surface area contributed by atoms with Crippen LogP contribution in [0.1, 0.15) is 46.5 Å². The second-order valence-corrected chi connectivity index (χ2v) is 7.47. The highest BCUT2D eigenvalue weighted by Gasteiger charge is 2.28. The summed E-state index contributed by atoms with van der Waals surface area (Å²) in [6.45, 7) is 11.7. The largest absolute Gasteiger partial charge is 0.327 e. The number of rotatable bonds is 8. The van der Waals surface area contributed by atoms with E-state index in [1.165, 1.54) is 45.3 Å². The molecule has 1 aliphatic rings. The predicted octanol–water partition coefficient (Wildman–Crippen LogP) is 2.66. The van der Waals surface area contributed by atoms with Crippen LogP contribution in [0.5, 0.6) is 0 Å². The van der Waals surface area contributed by atoms with Crippen LogP contribution in [-0.4, -0.2) is 56.1 Å². The third-order valence-electron chi connectivity index (χ3n) is 4.71. The van der Waals surface area contributed by atoms with Gasteiger partial charge in [0, 0.05) is 32.2 Å². The van der Waals surface area contributed by atoms with E-state index >= 15 is 0 Å². The topological polar surface area (TPSA) is 32.5 Å². The molecule has 0 aromatic carbocycles. The Morgan fingerprint density at radius 1 is 1.15 bits per heavy atom. The molecule has 0 spiro atoms. The molecule has 120 valence electrons. The summed E-state index contributed by atoms with van der Waals surface area (Å²) in [5.74, 6) is 2.35. The predicted molar refractivity (Wildman–Crippen MR) is 88.9 cm³/mol. The summed E-state index contributed by atoms with van der Waals surface area (Å²) in [5, 5.41) is 0. The van der Waals surface area contributed by atoms with Crippen molar-refractivity contribution in [1.82, 2.24) is 9.80 Å². The molecule has 0 radical (unpaired) electrons. The third-order valence-corrected chi connectivity index (χ3v) is 4.71. The van der Waals surface area contributed by atoms with Gasteiger partial charge in [-0.3, -0.25) is 0 Å². The lowest BCUT2D eigenvalue weighted by atomic mass is 9.77. The van der Waals surface area contributed by atoms with Crippen LogP contribution in [0.3, 0.4) is 0 Å². The molecule has 0 aromatic heterocycles. The van der Waals surface area contributed by atoms with Gasteiger partial charge < -0.3 is 15.5 Å². The van der Waals surface area contributed by atoms with Crippen molar-refractivity contribution in [3.05, 3.63) is 0 Å². The van der Waals surface area contributed by atoms with Gasteiger partial charge in [0.2, 0.25) is 0 Å². The zero-order valence-corrected chi connectivity index (χ0v) is 14.4. The van der Waals surface area contributed by atoms with Crippen LogP contribution in [-0.2, 0) is 0 Å². The van der Waals surface area contributed by atoms with Gasteiger partial charge >= 0.3 is 0 Å². The van der Waals surface area contributed by atoms with Crippen LogP contribution < -0.4 is 5.73 Å². The zero-order valence-electron chi connectivity index (χ0n) is 14.4. The molecule has 3 nitrogen and oxygen atoms in total. The van der Waals surface area contributed by atoms with Crippen molar-refractivity contribution in [2.75, 3.05) is 40.3 Å². The Labute approximate surface area is 126 Å². The van der Waals surface area contributed by atoms with Crippen LogP contribution in [0.25, 0.3) is 0 Å². The molecule has 0 amide bonds. The lowest BCUT2D eigenvalue weighted by molar-refractivity contribution is 0.137. The van der Waals surface area contributed by atoms with Gasteiger partial charge in [-0.15, -0.1) is 0 Å². The Hall–Kier alpha value is -0.120. The van der Waals surface area contributed by atoms with E-state index in [1.54, 1.807) is 0 Å². The highest BCUT2D eigenvalue weighted by atomic mass is 15.2. The van der Waals surface area contributed by atoms with E-state index in [4.69, 9.17) is 5.73 Å². The van der Waals surface area contributed by atoms with E-state index in [0.29, 0.717) is 12.0 Å². The Morgan fingerprint density at radius 2 is 1.85 bits per heavy atom. The van der Waals surface area contributed by atoms with E-state index < -0.39 is 0 Å². The lowest BCUT2D eigenvalue weighted by Crippen LogP contribution is -2.45. The first-order valence-corrected chi connectivity index (χ1v) is 8.55. The van der Waals surface area contributed by atoms with Gasteiger partial charge in [-0.25, -0.2) is 0 Å². The molecule has 1 rings (SSSR count). The fourth-order valence-corrected chi connectivity index (χ4v) is 3.41. The molecule has 0 bridgehead atoms. The summed E-state index contributed by atoms with van der Waals surface area (Å²) in [5.41, 5.74) is 6.39. The third kappa shape index (κ3) is 6.55. The second-order valence-electron chi connectivity index (χ2n) is 7.47. The molecule has 1 saturated carbocycles. The van der Waals surface area contributed by atoms with Gasteiger partial charge in [-0.1, -0.05) is 27.2 Å². The van der Waals surface area contributed by atoms with Crippen molar-refractivity contribution in [3.63, 3.8) is 0 Å². The fourth-order valence-electron chi connectivity index (χ4n) is 3.41. The molecule has 0 aliphatic heterocycles. The standard InChI is InChI=1S/C17H37N3/c1-6-15-7-8-17(18)16(11-15)13-20(12-14(2)3)10-9-19(4)5/h14-17H,6-13,18H2,1-5H3. The summed E-state index contributed by atoms with van der Waals surface area (Å²) in [4.78, 5) is 4.93. The first kappa shape index (κ1) is 17.9.